The van der Waals surface area contributed by atoms with E-state index in [0.717, 1.165) is 10.7 Å². The summed E-state index contributed by atoms with van der Waals surface area (Å²) in [5.74, 6) is 0.154. The molecule has 7 heteroatoms. The van der Waals surface area contributed by atoms with E-state index < -0.39 is 0 Å². The summed E-state index contributed by atoms with van der Waals surface area (Å²) in [4.78, 5) is 27.7. The van der Waals surface area contributed by atoms with Gasteiger partial charge >= 0.3 is 0 Å². The lowest BCUT2D eigenvalue weighted by Crippen LogP contribution is -2.27. The minimum atomic E-state index is -0.191. The molecule has 2 amide bonds. The maximum atomic E-state index is 12.1. The highest BCUT2D eigenvalue weighted by atomic mass is 32.1. The predicted octanol–water partition coefficient (Wildman–Crippen LogP) is 1.75. The van der Waals surface area contributed by atoms with Crippen molar-refractivity contribution in [3.05, 3.63) is 39.8 Å². The number of nitrogens with one attached hydrogen (secondary N) is 2. The number of amides is 2. The molecule has 6 nitrogen and oxygen atoms in total. The van der Waals surface area contributed by atoms with E-state index in [9.17, 15) is 9.59 Å². The average Bonchev–Trinajstić information content (AvgIpc) is 2.92. The summed E-state index contributed by atoms with van der Waals surface area (Å²) in [6.45, 7) is 2.45. The number of aromatic nitrogens is 1. The van der Waals surface area contributed by atoms with Crippen LogP contribution in [0.2, 0.25) is 0 Å². The molecule has 0 radical (unpaired) electrons. The third-order valence-corrected chi connectivity index (χ3v) is 4.03. The quantitative estimate of drug-likeness (QED) is 0.900. The van der Waals surface area contributed by atoms with E-state index in [-0.39, 0.29) is 18.4 Å². The van der Waals surface area contributed by atoms with Crippen LogP contribution >= 0.6 is 11.3 Å². The van der Waals surface area contributed by atoms with Gasteiger partial charge in [-0.3, -0.25) is 9.59 Å². The zero-order valence-corrected chi connectivity index (χ0v) is 12.8. The molecule has 0 saturated heterocycles. The zero-order chi connectivity index (χ0) is 15.5. The van der Waals surface area contributed by atoms with E-state index in [1.165, 1.54) is 0 Å². The van der Waals surface area contributed by atoms with Gasteiger partial charge in [0, 0.05) is 23.9 Å². The molecule has 0 spiro atoms. The smallest absolute Gasteiger partial charge is 0.262 e. The summed E-state index contributed by atoms with van der Waals surface area (Å²) >= 11 is 1.60. The highest BCUT2D eigenvalue weighted by molar-refractivity contribution is 7.09. The molecule has 0 aliphatic carbocycles. The van der Waals surface area contributed by atoms with Gasteiger partial charge in [0.15, 0.2) is 6.61 Å². The SMILES string of the molecule is Cc1nc(CCNC(=O)c2ccc3c(c2)OCC(=O)N3)cs1. The van der Waals surface area contributed by atoms with Crippen molar-refractivity contribution in [2.75, 3.05) is 18.5 Å². The number of nitrogens with zero attached hydrogens (tertiary/aromatic N) is 1. The molecule has 114 valence electrons. The van der Waals surface area contributed by atoms with Gasteiger partial charge < -0.3 is 15.4 Å². The highest BCUT2D eigenvalue weighted by Crippen LogP contribution is 2.28. The first-order valence-electron chi connectivity index (χ1n) is 6.88. The molecule has 1 aromatic heterocycles. The summed E-state index contributed by atoms with van der Waals surface area (Å²) in [7, 11) is 0. The van der Waals surface area contributed by atoms with Gasteiger partial charge in [0.05, 0.1) is 16.4 Å². The first-order chi connectivity index (χ1) is 10.6. The third kappa shape index (κ3) is 3.25. The van der Waals surface area contributed by atoms with Crippen LogP contribution in [-0.2, 0) is 11.2 Å². The Kier molecular flexibility index (Phi) is 4.06. The molecule has 2 N–H and O–H groups in total. The van der Waals surface area contributed by atoms with Gasteiger partial charge in [0.25, 0.3) is 11.8 Å². The van der Waals surface area contributed by atoms with Gasteiger partial charge in [0.1, 0.15) is 5.75 Å². The van der Waals surface area contributed by atoms with Gasteiger partial charge in [-0.25, -0.2) is 4.98 Å². The van der Waals surface area contributed by atoms with Crippen molar-refractivity contribution >= 4 is 28.8 Å². The Labute approximate surface area is 131 Å². The fourth-order valence-corrected chi connectivity index (χ4v) is 2.79. The van der Waals surface area contributed by atoms with Crippen LogP contribution in [0.5, 0.6) is 5.75 Å². The maximum Gasteiger partial charge on any atom is 0.262 e. The number of anilines is 1. The lowest BCUT2D eigenvalue weighted by atomic mass is 10.1. The minimum absolute atomic E-state index is 0.0265. The van der Waals surface area contributed by atoms with E-state index in [1.807, 2.05) is 12.3 Å². The van der Waals surface area contributed by atoms with Gasteiger partial charge in [0.2, 0.25) is 0 Å². The van der Waals surface area contributed by atoms with E-state index in [0.29, 0.717) is 30.0 Å². The maximum absolute atomic E-state index is 12.1. The molecule has 1 aromatic carbocycles. The Bertz CT molecular complexity index is 727. The van der Waals surface area contributed by atoms with Crippen LogP contribution in [-0.4, -0.2) is 29.9 Å². The van der Waals surface area contributed by atoms with Crippen LogP contribution in [0.1, 0.15) is 21.1 Å². The predicted molar refractivity (Wildman–Crippen MR) is 83.5 cm³/mol. The molecule has 2 heterocycles. The van der Waals surface area contributed by atoms with Crippen molar-refractivity contribution in [2.45, 2.75) is 13.3 Å². The number of hydrogen-bond acceptors (Lipinski definition) is 5. The number of aryl methyl sites for hydroxylation is 1. The molecule has 2 aromatic rings. The molecular formula is C15H15N3O3S. The Hall–Kier alpha value is -2.41. The number of hydrogen-bond donors (Lipinski definition) is 2. The van der Waals surface area contributed by atoms with Gasteiger partial charge in [-0.15, -0.1) is 11.3 Å². The van der Waals surface area contributed by atoms with Crippen molar-refractivity contribution in [2.24, 2.45) is 0 Å². The van der Waals surface area contributed by atoms with Gasteiger partial charge in [-0.1, -0.05) is 0 Å². The van der Waals surface area contributed by atoms with Crippen LogP contribution < -0.4 is 15.4 Å². The van der Waals surface area contributed by atoms with Crippen LogP contribution in [0, 0.1) is 6.92 Å². The molecule has 22 heavy (non-hydrogen) atoms. The Morgan fingerprint density at radius 3 is 3.14 bits per heavy atom. The van der Waals surface area contributed by atoms with Gasteiger partial charge in [-0.05, 0) is 25.1 Å². The number of benzene rings is 1. The monoisotopic (exact) mass is 317 g/mol. The third-order valence-electron chi connectivity index (χ3n) is 3.21. The second-order valence-electron chi connectivity index (χ2n) is 4.91. The Balaban J connectivity index is 1.59. The van der Waals surface area contributed by atoms with Crippen molar-refractivity contribution in [1.82, 2.24) is 10.3 Å². The van der Waals surface area contributed by atoms with E-state index in [1.54, 1.807) is 29.5 Å². The topological polar surface area (TPSA) is 80.3 Å². The summed E-state index contributed by atoms with van der Waals surface area (Å²) in [5.41, 5.74) is 2.08. The second kappa shape index (κ2) is 6.15. The Morgan fingerprint density at radius 1 is 1.50 bits per heavy atom. The van der Waals surface area contributed by atoms with Crippen LogP contribution in [0.4, 0.5) is 5.69 Å². The van der Waals surface area contributed by atoms with Crippen molar-refractivity contribution in [3.8, 4) is 5.75 Å². The summed E-state index contributed by atoms with van der Waals surface area (Å²) in [5, 5.41) is 8.57. The normalized spacial score (nSPS) is 13.0. The molecule has 0 unspecified atom stereocenters. The largest absolute Gasteiger partial charge is 0.482 e. The number of rotatable bonds is 4. The number of carbonyl (C=O) groups is 2. The van der Waals surface area contributed by atoms with Crippen LogP contribution in [0.25, 0.3) is 0 Å². The van der Waals surface area contributed by atoms with E-state index >= 15 is 0 Å². The number of carbonyl (C=O) groups excluding carboxylic acids is 2. The molecule has 3 rings (SSSR count). The fraction of sp³-hybridized carbons (Fsp3) is 0.267. The summed E-state index contributed by atoms with van der Waals surface area (Å²) in [6, 6.07) is 4.97. The standard InChI is InChI=1S/C15H15N3O3S/c1-9-17-11(8-22-9)4-5-16-15(20)10-2-3-12-13(6-10)21-7-14(19)18-12/h2-3,6,8H,4-5,7H2,1H3,(H,16,20)(H,18,19). The fourth-order valence-electron chi connectivity index (χ4n) is 2.15. The van der Waals surface area contributed by atoms with E-state index in [4.69, 9.17) is 4.74 Å². The molecular weight excluding hydrogens is 302 g/mol. The number of thiazole rings is 1. The number of ether oxygens (including phenoxy) is 1. The van der Waals surface area contributed by atoms with Crippen LogP contribution in [0.3, 0.4) is 0 Å². The summed E-state index contributed by atoms with van der Waals surface area (Å²) in [6.07, 6.45) is 0.702. The first kappa shape index (κ1) is 14.5. The molecule has 0 atom stereocenters. The molecule has 1 aliphatic heterocycles. The molecule has 1 aliphatic rings. The second-order valence-corrected chi connectivity index (χ2v) is 5.97. The van der Waals surface area contributed by atoms with E-state index in [2.05, 4.69) is 15.6 Å². The average molecular weight is 317 g/mol. The number of fused-ring (bicyclic) bond motifs is 1. The van der Waals surface area contributed by atoms with Crippen LogP contribution in [0.15, 0.2) is 23.6 Å². The van der Waals surface area contributed by atoms with Crippen molar-refractivity contribution in [3.63, 3.8) is 0 Å². The van der Waals surface area contributed by atoms with Crippen molar-refractivity contribution < 1.29 is 14.3 Å². The first-order valence-corrected chi connectivity index (χ1v) is 7.76. The lowest BCUT2D eigenvalue weighted by Gasteiger charge is -2.18. The summed E-state index contributed by atoms with van der Waals surface area (Å²) < 4.78 is 5.30. The zero-order valence-electron chi connectivity index (χ0n) is 12.0. The molecule has 0 fully saturated rings. The Morgan fingerprint density at radius 2 is 2.36 bits per heavy atom. The van der Waals surface area contributed by atoms with Gasteiger partial charge in [-0.2, -0.15) is 0 Å². The highest BCUT2D eigenvalue weighted by Gasteiger charge is 2.17. The minimum Gasteiger partial charge on any atom is -0.482 e. The molecule has 0 saturated carbocycles. The molecule has 0 bridgehead atoms. The lowest BCUT2D eigenvalue weighted by molar-refractivity contribution is -0.118. The van der Waals surface area contributed by atoms with Crippen molar-refractivity contribution in [1.29, 1.82) is 0 Å².